The Morgan fingerprint density at radius 1 is 0.857 bits per heavy atom. The maximum atomic E-state index is 6.08. The molecule has 0 spiro atoms. The second kappa shape index (κ2) is 6.99. The van der Waals surface area contributed by atoms with Gasteiger partial charge < -0.3 is 19.9 Å². The van der Waals surface area contributed by atoms with Gasteiger partial charge in [-0.2, -0.15) is 0 Å². The molecule has 0 fully saturated rings. The number of methoxy groups -OCH3 is 2. The third-order valence-corrected chi connectivity index (χ3v) is 3.24. The zero-order chi connectivity index (χ0) is 15.2. The molecular weight excluding hydrogens is 266 g/mol. The van der Waals surface area contributed by atoms with E-state index in [0.717, 1.165) is 11.3 Å². The van der Waals surface area contributed by atoms with Crippen molar-refractivity contribution in [2.45, 2.75) is 19.1 Å². The van der Waals surface area contributed by atoms with Crippen LogP contribution in [0.5, 0.6) is 17.2 Å². The van der Waals surface area contributed by atoms with Gasteiger partial charge in [0, 0.05) is 6.04 Å². The smallest absolute Gasteiger partial charge is 0.162 e. The average Bonchev–Trinajstić information content (AvgIpc) is 2.53. The lowest BCUT2D eigenvalue weighted by Gasteiger charge is -2.24. The van der Waals surface area contributed by atoms with Crippen LogP contribution >= 0.6 is 0 Å². The molecule has 2 atom stereocenters. The fraction of sp³-hybridized carbons (Fsp3) is 0.294. The summed E-state index contributed by atoms with van der Waals surface area (Å²) in [6.07, 6.45) is -0.257. The first-order valence-corrected chi connectivity index (χ1v) is 6.85. The molecular formula is C17H21NO3. The largest absolute Gasteiger partial charge is 0.497 e. The van der Waals surface area contributed by atoms with Crippen LogP contribution in [0.2, 0.25) is 0 Å². The molecule has 0 amide bonds. The second-order valence-corrected chi connectivity index (χ2v) is 4.82. The lowest BCUT2D eigenvalue weighted by molar-refractivity contribution is 0.173. The highest BCUT2D eigenvalue weighted by atomic mass is 16.5. The summed E-state index contributed by atoms with van der Waals surface area (Å²) in [5.74, 6) is 2.18. The van der Waals surface area contributed by atoms with Crippen LogP contribution in [0.4, 0.5) is 0 Å². The number of nitrogens with two attached hydrogens (primary N) is 1. The molecule has 4 heteroatoms. The van der Waals surface area contributed by atoms with Crippen LogP contribution < -0.4 is 19.9 Å². The monoisotopic (exact) mass is 287 g/mol. The molecule has 112 valence electrons. The first kappa shape index (κ1) is 15.2. The Morgan fingerprint density at radius 2 is 1.48 bits per heavy atom. The SMILES string of the molecule is COc1ccc(C(Oc2ccccc2OC)C(C)N)cc1. The van der Waals surface area contributed by atoms with Crippen molar-refractivity contribution in [1.29, 1.82) is 0 Å². The topological polar surface area (TPSA) is 53.7 Å². The molecule has 21 heavy (non-hydrogen) atoms. The Balaban J connectivity index is 2.26. The highest BCUT2D eigenvalue weighted by Crippen LogP contribution is 2.32. The zero-order valence-electron chi connectivity index (χ0n) is 12.6. The number of ether oxygens (including phenoxy) is 3. The molecule has 0 saturated carbocycles. The first-order chi connectivity index (χ1) is 10.2. The molecule has 4 nitrogen and oxygen atoms in total. The van der Waals surface area contributed by atoms with Crippen LogP contribution in [0.1, 0.15) is 18.6 Å². The van der Waals surface area contributed by atoms with Crippen molar-refractivity contribution in [2.24, 2.45) is 5.73 Å². The van der Waals surface area contributed by atoms with Gasteiger partial charge in [-0.15, -0.1) is 0 Å². The average molecular weight is 287 g/mol. The maximum absolute atomic E-state index is 6.08. The van der Waals surface area contributed by atoms with Gasteiger partial charge in [-0.25, -0.2) is 0 Å². The summed E-state index contributed by atoms with van der Waals surface area (Å²) in [5.41, 5.74) is 7.08. The third kappa shape index (κ3) is 3.67. The molecule has 2 aromatic carbocycles. The Morgan fingerprint density at radius 3 is 2.00 bits per heavy atom. The van der Waals surface area contributed by atoms with E-state index in [4.69, 9.17) is 19.9 Å². The third-order valence-electron chi connectivity index (χ3n) is 3.24. The number of rotatable bonds is 6. The molecule has 0 aromatic heterocycles. The van der Waals surface area contributed by atoms with Gasteiger partial charge in [-0.3, -0.25) is 0 Å². The summed E-state index contributed by atoms with van der Waals surface area (Å²) < 4.78 is 16.6. The first-order valence-electron chi connectivity index (χ1n) is 6.85. The predicted octanol–water partition coefficient (Wildman–Crippen LogP) is 3.17. The minimum atomic E-state index is -0.257. The van der Waals surface area contributed by atoms with Gasteiger partial charge in [-0.1, -0.05) is 24.3 Å². The van der Waals surface area contributed by atoms with Crippen molar-refractivity contribution in [3.63, 3.8) is 0 Å². The Labute approximate surface area is 125 Å². The van der Waals surface area contributed by atoms with Gasteiger partial charge in [-0.05, 0) is 36.8 Å². The minimum Gasteiger partial charge on any atom is -0.497 e. The molecule has 0 radical (unpaired) electrons. The molecule has 2 rings (SSSR count). The van der Waals surface area contributed by atoms with Crippen LogP contribution in [-0.4, -0.2) is 20.3 Å². The summed E-state index contributed by atoms with van der Waals surface area (Å²) in [5, 5.41) is 0. The molecule has 0 aliphatic carbocycles. The molecule has 2 aromatic rings. The normalized spacial score (nSPS) is 13.3. The van der Waals surface area contributed by atoms with Crippen molar-refractivity contribution in [2.75, 3.05) is 14.2 Å². The van der Waals surface area contributed by atoms with Crippen molar-refractivity contribution < 1.29 is 14.2 Å². The molecule has 0 aliphatic heterocycles. The van der Waals surface area contributed by atoms with Crippen LogP contribution in [0.25, 0.3) is 0 Å². The summed E-state index contributed by atoms with van der Waals surface area (Å²) in [7, 11) is 3.26. The second-order valence-electron chi connectivity index (χ2n) is 4.82. The fourth-order valence-corrected chi connectivity index (χ4v) is 2.13. The van der Waals surface area contributed by atoms with Gasteiger partial charge in [0.15, 0.2) is 11.5 Å². The standard InChI is InChI=1S/C17H21NO3/c1-12(18)17(13-8-10-14(19-2)11-9-13)21-16-7-5-4-6-15(16)20-3/h4-12,17H,18H2,1-3H3. The fourth-order valence-electron chi connectivity index (χ4n) is 2.13. The molecule has 0 heterocycles. The van der Waals surface area contributed by atoms with E-state index >= 15 is 0 Å². The summed E-state index contributed by atoms with van der Waals surface area (Å²) >= 11 is 0. The minimum absolute atomic E-state index is 0.164. The van der Waals surface area contributed by atoms with E-state index in [1.165, 1.54) is 0 Å². The van der Waals surface area contributed by atoms with Gasteiger partial charge in [0.05, 0.1) is 14.2 Å². The Bertz CT molecular complexity index is 567. The van der Waals surface area contributed by atoms with Crippen LogP contribution in [0.3, 0.4) is 0 Å². The predicted molar refractivity (Wildman–Crippen MR) is 83.0 cm³/mol. The van der Waals surface area contributed by atoms with Crippen LogP contribution in [-0.2, 0) is 0 Å². The van der Waals surface area contributed by atoms with Gasteiger partial charge >= 0.3 is 0 Å². The molecule has 2 N–H and O–H groups in total. The Kier molecular flexibility index (Phi) is 5.06. The molecule has 2 unspecified atom stereocenters. The van der Waals surface area contributed by atoms with Gasteiger partial charge in [0.25, 0.3) is 0 Å². The van der Waals surface area contributed by atoms with E-state index in [9.17, 15) is 0 Å². The van der Waals surface area contributed by atoms with E-state index in [1.807, 2.05) is 55.5 Å². The zero-order valence-corrected chi connectivity index (χ0v) is 12.6. The van der Waals surface area contributed by atoms with Crippen molar-refractivity contribution >= 4 is 0 Å². The Hall–Kier alpha value is -2.20. The van der Waals surface area contributed by atoms with Gasteiger partial charge in [0.1, 0.15) is 11.9 Å². The number of hydrogen-bond donors (Lipinski definition) is 1. The number of hydrogen-bond acceptors (Lipinski definition) is 4. The van der Waals surface area contributed by atoms with Crippen molar-refractivity contribution in [3.8, 4) is 17.2 Å². The maximum Gasteiger partial charge on any atom is 0.162 e. The highest BCUT2D eigenvalue weighted by molar-refractivity contribution is 5.40. The van der Waals surface area contributed by atoms with Crippen molar-refractivity contribution in [1.82, 2.24) is 0 Å². The van der Waals surface area contributed by atoms with E-state index in [0.29, 0.717) is 11.5 Å². The van der Waals surface area contributed by atoms with Crippen LogP contribution in [0.15, 0.2) is 48.5 Å². The molecule has 0 bridgehead atoms. The van der Waals surface area contributed by atoms with Gasteiger partial charge in [0.2, 0.25) is 0 Å². The number of benzene rings is 2. The van der Waals surface area contributed by atoms with E-state index < -0.39 is 0 Å². The van der Waals surface area contributed by atoms with Crippen LogP contribution in [0, 0.1) is 0 Å². The lowest BCUT2D eigenvalue weighted by Crippen LogP contribution is -2.29. The number of para-hydroxylation sites is 2. The summed E-state index contributed by atoms with van der Waals surface area (Å²) in [6.45, 7) is 1.92. The summed E-state index contributed by atoms with van der Waals surface area (Å²) in [4.78, 5) is 0. The van der Waals surface area contributed by atoms with E-state index in [-0.39, 0.29) is 12.1 Å². The quantitative estimate of drug-likeness (QED) is 0.886. The summed E-state index contributed by atoms with van der Waals surface area (Å²) in [6, 6.07) is 15.1. The van der Waals surface area contributed by atoms with E-state index in [1.54, 1.807) is 14.2 Å². The highest BCUT2D eigenvalue weighted by Gasteiger charge is 2.20. The molecule has 0 aliphatic rings. The van der Waals surface area contributed by atoms with Crippen molar-refractivity contribution in [3.05, 3.63) is 54.1 Å². The lowest BCUT2D eigenvalue weighted by atomic mass is 10.0. The molecule has 0 saturated heterocycles. The van der Waals surface area contributed by atoms with E-state index in [2.05, 4.69) is 0 Å².